The third-order valence-corrected chi connectivity index (χ3v) is 6.11. The minimum absolute atomic E-state index is 0.0517. The summed E-state index contributed by atoms with van der Waals surface area (Å²) in [4.78, 5) is 36.0. The Balaban J connectivity index is 1.97. The van der Waals surface area contributed by atoms with Gasteiger partial charge < -0.3 is 9.64 Å². The largest absolute Gasteiger partial charge is 0.452 e. The molecule has 1 unspecified atom stereocenters. The Hall–Kier alpha value is -2.49. The first-order valence-electron chi connectivity index (χ1n) is 8.65. The number of amides is 1. The Morgan fingerprint density at radius 1 is 1.30 bits per heavy atom. The number of hydrogen-bond acceptors (Lipinski definition) is 7. The minimum atomic E-state index is -3.14. The molecule has 0 aliphatic carbocycles. The average molecular weight is 398 g/mol. The van der Waals surface area contributed by atoms with Gasteiger partial charge in [-0.25, -0.2) is 13.2 Å². The van der Waals surface area contributed by atoms with Crippen molar-refractivity contribution in [3.8, 4) is 0 Å². The quantitative estimate of drug-likeness (QED) is 0.370. The van der Waals surface area contributed by atoms with Crippen LogP contribution in [0, 0.1) is 10.1 Å². The van der Waals surface area contributed by atoms with Gasteiger partial charge in [-0.1, -0.05) is 13.3 Å². The molecule has 0 bridgehead atoms. The van der Waals surface area contributed by atoms with Gasteiger partial charge in [0.15, 0.2) is 16.4 Å². The van der Waals surface area contributed by atoms with Gasteiger partial charge in [0.1, 0.15) is 0 Å². The van der Waals surface area contributed by atoms with Crippen molar-refractivity contribution < 1.29 is 27.7 Å². The van der Waals surface area contributed by atoms with Crippen molar-refractivity contribution in [2.45, 2.75) is 32.2 Å². The third-order valence-electron chi connectivity index (χ3n) is 4.36. The van der Waals surface area contributed by atoms with Gasteiger partial charge in [-0.2, -0.15) is 0 Å². The molecule has 27 heavy (non-hydrogen) atoms. The van der Waals surface area contributed by atoms with E-state index < -0.39 is 39.3 Å². The van der Waals surface area contributed by atoms with Crippen molar-refractivity contribution in [3.05, 3.63) is 39.9 Å². The predicted octanol–water partition coefficient (Wildman–Crippen LogP) is 1.57. The second-order valence-corrected chi connectivity index (χ2v) is 8.61. The highest BCUT2D eigenvalue weighted by molar-refractivity contribution is 7.91. The average Bonchev–Trinajstić information content (AvgIpc) is 2.99. The van der Waals surface area contributed by atoms with E-state index in [9.17, 15) is 28.1 Å². The summed E-state index contributed by atoms with van der Waals surface area (Å²) in [6.07, 6.45) is 1.94. The number of nitro groups is 1. The highest BCUT2D eigenvalue weighted by atomic mass is 32.2. The molecule has 10 heteroatoms. The van der Waals surface area contributed by atoms with Crippen LogP contribution in [-0.2, 0) is 19.4 Å². The van der Waals surface area contributed by atoms with E-state index in [-0.39, 0.29) is 22.8 Å². The molecule has 0 radical (unpaired) electrons. The lowest BCUT2D eigenvalue weighted by Gasteiger charge is -2.28. The van der Waals surface area contributed by atoms with Crippen LogP contribution in [0.5, 0.6) is 0 Å². The molecule has 1 saturated heterocycles. The molecule has 2 rings (SSSR count). The fourth-order valence-corrected chi connectivity index (χ4v) is 4.60. The van der Waals surface area contributed by atoms with E-state index in [1.165, 1.54) is 29.2 Å². The maximum atomic E-state index is 12.5. The zero-order valence-corrected chi connectivity index (χ0v) is 15.8. The highest BCUT2D eigenvalue weighted by Gasteiger charge is 2.34. The molecule has 1 amide bonds. The number of sulfone groups is 1. The fourth-order valence-electron chi connectivity index (χ4n) is 2.87. The summed E-state index contributed by atoms with van der Waals surface area (Å²) >= 11 is 0. The molecule has 148 valence electrons. The Morgan fingerprint density at radius 2 is 1.96 bits per heavy atom. The van der Waals surface area contributed by atoms with Gasteiger partial charge in [-0.15, -0.1) is 0 Å². The number of unbranched alkanes of at least 4 members (excludes halogenated alkanes) is 1. The maximum absolute atomic E-state index is 12.5. The van der Waals surface area contributed by atoms with Crippen molar-refractivity contribution in [3.63, 3.8) is 0 Å². The molecular formula is C17H22N2O7S. The van der Waals surface area contributed by atoms with Crippen LogP contribution in [0.3, 0.4) is 0 Å². The SMILES string of the molecule is CCCCN(C(=O)COC(=O)c1ccc([N+](=O)[O-])cc1)C1CCS(=O)(=O)C1. The number of carbonyl (C=O) groups is 2. The predicted molar refractivity (Wildman–Crippen MR) is 97.1 cm³/mol. The van der Waals surface area contributed by atoms with Crippen LogP contribution in [0.4, 0.5) is 5.69 Å². The fraction of sp³-hybridized carbons (Fsp3) is 0.529. The lowest BCUT2D eigenvalue weighted by atomic mass is 10.2. The van der Waals surface area contributed by atoms with E-state index in [4.69, 9.17) is 4.74 Å². The maximum Gasteiger partial charge on any atom is 0.338 e. The molecule has 1 aliphatic rings. The van der Waals surface area contributed by atoms with Crippen molar-refractivity contribution in [2.24, 2.45) is 0 Å². The molecule has 0 N–H and O–H groups in total. The Labute approximate surface area is 157 Å². The number of benzene rings is 1. The smallest absolute Gasteiger partial charge is 0.338 e. The first-order valence-corrected chi connectivity index (χ1v) is 10.5. The molecule has 0 saturated carbocycles. The van der Waals surface area contributed by atoms with Crippen LogP contribution in [0.2, 0.25) is 0 Å². The van der Waals surface area contributed by atoms with Crippen LogP contribution in [0.25, 0.3) is 0 Å². The first kappa shape index (κ1) is 20.8. The van der Waals surface area contributed by atoms with Gasteiger partial charge in [0.2, 0.25) is 0 Å². The molecule has 1 aromatic carbocycles. The Kier molecular flexibility index (Phi) is 6.89. The minimum Gasteiger partial charge on any atom is -0.452 e. The normalized spacial score (nSPS) is 18.0. The van der Waals surface area contributed by atoms with Crippen molar-refractivity contribution in [2.75, 3.05) is 24.7 Å². The van der Waals surface area contributed by atoms with Crippen molar-refractivity contribution in [1.29, 1.82) is 0 Å². The molecule has 0 spiro atoms. The molecule has 1 aromatic rings. The van der Waals surface area contributed by atoms with E-state index in [0.29, 0.717) is 13.0 Å². The lowest BCUT2D eigenvalue weighted by molar-refractivity contribution is -0.384. The second-order valence-electron chi connectivity index (χ2n) is 6.38. The summed E-state index contributed by atoms with van der Waals surface area (Å²) in [6, 6.07) is 4.46. The van der Waals surface area contributed by atoms with Gasteiger partial charge in [0, 0.05) is 24.7 Å². The molecule has 0 aromatic heterocycles. The van der Waals surface area contributed by atoms with E-state index in [0.717, 1.165) is 12.8 Å². The van der Waals surface area contributed by atoms with E-state index in [2.05, 4.69) is 0 Å². The van der Waals surface area contributed by atoms with Gasteiger partial charge >= 0.3 is 5.97 Å². The zero-order chi connectivity index (χ0) is 20.0. The standard InChI is InChI=1S/C17H22N2O7S/c1-2-3-9-18(15-8-10-27(24,25)12-15)16(20)11-26-17(21)13-4-6-14(7-5-13)19(22)23/h4-7,15H,2-3,8-12H2,1H3. The third kappa shape index (κ3) is 5.75. The van der Waals surface area contributed by atoms with E-state index >= 15 is 0 Å². The van der Waals surface area contributed by atoms with Crippen LogP contribution in [-0.4, -0.2) is 60.8 Å². The number of esters is 1. The van der Waals surface area contributed by atoms with Gasteiger partial charge in [-0.05, 0) is 25.0 Å². The van der Waals surface area contributed by atoms with E-state index in [1.807, 2.05) is 6.92 Å². The first-order chi connectivity index (χ1) is 12.7. The number of hydrogen-bond donors (Lipinski definition) is 0. The van der Waals surface area contributed by atoms with Gasteiger partial charge in [0.25, 0.3) is 11.6 Å². The number of nitro benzene ring substituents is 1. The molecule has 1 atom stereocenters. The summed E-state index contributed by atoms with van der Waals surface area (Å²) in [5.41, 5.74) is -0.0623. The monoisotopic (exact) mass is 398 g/mol. The Bertz CT molecular complexity index is 805. The summed E-state index contributed by atoms with van der Waals surface area (Å²) < 4.78 is 28.4. The van der Waals surface area contributed by atoms with Gasteiger partial charge in [-0.3, -0.25) is 14.9 Å². The van der Waals surface area contributed by atoms with Crippen LogP contribution >= 0.6 is 0 Å². The van der Waals surface area contributed by atoms with Crippen LogP contribution in [0.15, 0.2) is 24.3 Å². The molecule has 1 aliphatic heterocycles. The number of rotatable bonds is 8. The van der Waals surface area contributed by atoms with Gasteiger partial charge in [0.05, 0.1) is 22.0 Å². The van der Waals surface area contributed by atoms with Crippen molar-refractivity contribution in [1.82, 2.24) is 4.90 Å². The summed E-state index contributed by atoms with van der Waals surface area (Å²) in [5.74, 6) is -1.23. The number of nitrogens with zero attached hydrogens (tertiary/aromatic N) is 2. The summed E-state index contributed by atoms with van der Waals surface area (Å²) in [7, 11) is -3.14. The number of ether oxygens (including phenoxy) is 1. The summed E-state index contributed by atoms with van der Waals surface area (Å²) in [5, 5.41) is 10.6. The highest BCUT2D eigenvalue weighted by Crippen LogP contribution is 2.19. The van der Waals surface area contributed by atoms with E-state index in [1.54, 1.807) is 0 Å². The zero-order valence-electron chi connectivity index (χ0n) is 15.0. The van der Waals surface area contributed by atoms with Crippen LogP contribution in [0.1, 0.15) is 36.5 Å². The Morgan fingerprint density at radius 3 is 2.48 bits per heavy atom. The van der Waals surface area contributed by atoms with Crippen molar-refractivity contribution >= 4 is 27.4 Å². The molecular weight excluding hydrogens is 376 g/mol. The topological polar surface area (TPSA) is 124 Å². The number of non-ortho nitro benzene ring substituents is 1. The second kappa shape index (κ2) is 8.94. The number of carbonyl (C=O) groups excluding carboxylic acids is 2. The molecule has 1 heterocycles. The lowest BCUT2D eigenvalue weighted by Crippen LogP contribution is -2.43. The molecule has 1 fully saturated rings. The van der Waals surface area contributed by atoms with Crippen LogP contribution < -0.4 is 0 Å². The summed E-state index contributed by atoms with van der Waals surface area (Å²) in [6.45, 7) is 1.86. The molecule has 9 nitrogen and oxygen atoms in total.